The third-order valence-corrected chi connectivity index (χ3v) is 2.18. The minimum atomic E-state index is -1.30. The molecule has 1 heterocycles. The molecule has 0 aliphatic rings. The highest BCUT2D eigenvalue weighted by Gasteiger charge is 2.19. The molecule has 1 aromatic heterocycles. The van der Waals surface area contributed by atoms with Crippen molar-refractivity contribution in [2.24, 2.45) is 0 Å². The van der Waals surface area contributed by atoms with Gasteiger partial charge in [-0.2, -0.15) is 5.10 Å². The van der Waals surface area contributed by atoms with Crippen LogP contribution in [-0.4, -0.2) is 50.7 Å². The van der Waals surface area contributed by atoms with Crippen LogP contribution in [0.4, 0.5) is 4.79 Å². The van der Waals surface area contributed by atoms with Crippen LogP contribution in [0, 0.1) is 0 Å². The summed E-state index contributed by atoms with van der Waals surface area (Å²) in [5, 5.41) is 26.1. The fraction of sp³-hybridized carbons (Fsp3) is 0.500. The first-order valence-corrected chi connectivity index (χ1v) is 5.41. The van der Waals surface area contributed by atoms with E-state index in [-0.39, 0.29) is 6.04 Å². The van der Waals surface area contributed by atoms with Gasteiger partial charge in [0.1, 0.15) is 0 Å². The summed E-state index contributed by atoms with van der Waals surface area (Å²) in [4.78, 5) is 22.0. The number of aliphatic hydroxyl groups is 1. The molecular formula is C10H16N4O4. The van der Waals surface area contributed by atoms with E-state index < -0.39 is 24.6 Å². The van der Waals surface area contributed by atoms with Gasteiger partial charge < -0.3 is 20.8 Å². The molecule has 0 aliphatic heterocycles. The van der Waals surface area contributed by atoms with Crippen molar-refractivity contribution in [2.75, 3.05) is 6.61 Å². The van der Waals surface area contributed by atoms with Crippen LogP contribution in [0.5, 0.6) is 0 Å². The van der Waals surface area contributed by atoms with Gasteiger partial charge in [-0.3, -0.25) is 4.68 Å². The summed E-state index contributed by atoms with van der Waals surface area (Å²) in [6.07, 6.45) is 3.38. The summed E-state index contributed by atoms with van der Waals surface area (Å²) in [7, 11) is 0. The molecule has 0 radical (unpaired) electrons. The number of aliphatic carboxylic acids is 1. The molecule has 0 saturated carbocycles. The van der Waals surface area contributed by atoms with E-state index in [4.69, 9.17) is 10.2 Å². The average Bonchev–Trinajstić information content (AvgIpc) is 2.77. The number of hydrogen-bond donors (Lipinski definition) is 4. The summed E-state index contributed by atoms with van der Waals surface area (Å²) in [5.41, 5.74) is 0. The fourth-order valence-corrected chi connectivity index (χ4v) is 1.34. The lowest BCUT2D eigenvalue weighted by Crippen LogP contribution is -2.50. The maximum Gasteiger partial charge on any atom is 0.328 e. The van der Waals surface area contributed by atoms with Crippen molar-refractivity contribution in [1.29, 1.82) is 0 Å². The second kappa shape index (κ2) is 6.60. The standard InChI is InChI=1S/C10H16N4O4/c1-7(5-14-4-2-3-11-14)12-10(18)13-8(6-15)9(16)17/h2-4,7-8,15H,5-6H2,1H3,(H,16,17)(H2,12,13,18)/t7?,8-/m0/s1. The van der Waals surface area contributed by atoms with Crippen LogP contribution in [0.25, 0.3) is 0 Å². The summed E-state index contributed by atoms with van der Waals surface area (Å²) >= 11 is 0. The Hall–Kier alpha value is -2.09. The number of rotatable bonds is 6. The van der Waals surface area contributed by atoms with Gasteiger partial charge in [-0.15, -0.1) is 0 Å². The Labute approximate surface area is 104 Å². The van der Waals surface area contributed by atoms with E-state index in [1.807, 2.05) is 0 Å². The van der Waals surface area contributed by atoms with Gasteiger partial charge in [-0.1, -0.05) is 0 Å². The number of carbonyl (C=O) groups is 2. The Morgan fingerprint density at radius 3 is 2.67 bits per heavy atom. The van der Waals surface area contributed by atoms with Crippen molar-refractivity contribution >= 4 is 12.0 Å². The topological polar surface area (TPSA) is 116 Å². The first kappa shape index (κ1) is 14.0. The minimum Gasteiger partial charge on any atom is -0.480 e. The minimum absolute atomic E-state index is 0.224. The second-order valence-electron chi connectivity index (χ2n) is 3.82. The Bertz CT molecular complexity index is 393. The van der Waals surface area contributed by atoms with Crippen LogP contribution in [-0.2, 0) is 11.3 Å². The number of carboxylic acids is 1. The molecule has 1 aromatic rings. The van der Waals surface area contributed by atoms with Crippen molar-refractivity contribution < 1.29 is 19.8 Å². The highest BCUT2D eigenvalue weighted by Crippen LogP contribution is 1.91. The number of amides is 2. The van der Waals surface area contributed by atoms with E-state index in [1.54, 1.807) is 30.1 Å². The predicted octanol–water partition coefficient (Wildman–Crippen LogP) is -0.984. The number of urea groups is 1. The molecule has 0 aromatic carbocycles. The molecule has 8 heteroatoms. The lowest BCUT2D eigenvalue weighted by Gasteiger charge is -2.17. The second-order valence-corrected chi connectivity index (χ2v) is 3.82. The Balaban J connectivity index is 2.37. The molecule has 0 spiro atoms. The van der Waals surface area contributed by atoms with Crippen LogP contribution < -0.4 is 10.6 Å². The van der Waals surface area contributed by atoms with Gasteiger partial charge >= 0.3 is 12.0 Å². The lowest BCUT2D eigenvalue weighted by atomic mass is 10.3. The van der Waals surface area contributed by atoms with E-state index in [0.717, 1.165) is 0 Å². The molecule has 0 aliphatic carbocycles. The maximum absolute atomic E-state index is 11.4. The average molecular weight is 256 g/mol. The third kappa shape index (κ3) is 4.42. The first-order valence-electron chi connectivity index (χ1n) is 5.41. The van der Waals surface area contributed by atoms with Crippen molar-refractivity contribution in [3.63, 3.8) is 0 Å². The highest BCUT2D eigenvalue weighted by atomic mass is 16.4. The van der Waals surface area contributed by atoms with Gasteiger partial charge in [-0.25, -0.2) is 9.59 Å². The van der Waals surface area contributed by atoms with Crippen LogP contribution >= 0.6 is 0 Å². The number of carbonyl (C=O) groups excluding carboxylic acids is 1. The summed E-state index contributed by atoms with van der Waals surface area (Å²) in [5.74, 6) is -1.28. The normalized spacial score (nSPS) is 13.7. The van der Waals surface area contributed by atoms with Gasteiger partial charge in [0.05, 0.1) is 13.2 Å². The van der Waals surface area contributed by atoms with Gasteiger partial charge in [0.25, 0.3) is 0 Å². The zero-order valence-corrected chi connectivity index (χ0v) is 9.91. The van der Waals surface area contributed by atoms with Gasteiger partial charge in [-0.05, 0) is 13.0 Å². The summed E-state index contributed by atoms with van der Waals surface area (Å²) in [6, 6.07) is -0.407. The van der Waals surface area contributed by atoms with E-state index in [1.165, 1.54) is 0 Å². The fourth-order valence-electron chi connectivity index (χ4n) is 1.34. The first-order chi connectivity index (χ1) is 8.52. The van der Waals surface area contributed by atoms with Crippen molar-refractivity contribution in [3.05, 3.63) is 18.5 Å². The van der Waals surface area contributed by atoms with Gasteiger partial charge in [0.15, 0.2) is 6.04 Å². The molecule has 2 amide bonds. The smallest absolute Gasteiger partial charge is 0.328 e. The zero-order valence-electron chi connectivity index (χ0n) is 9.91. The van der Waals surface area contributed by atoms with E-state index in [0.29, 0.717) is 6.54 Å². The van der Waals surface area contributed by atoms with E-state index in [2.05, 4.69) is 15.7 Å². The van der Waals surface area contributed by atoms with Gasteiger partial charge in [0, 0.05) is 18.4 Å². The molecule has 0 fully saturated rings. The lowest BCUT2D eigenvalue weighted by molar-refractivity contribution is -0.140. The Kier molecular flexibility index (Phi) is 5.12. The van der Waals surface area contributed by atoms with E-state index in [9.17, 15) is 9.59 Å². The van der Waals surface area contributed by atoms with Crippen molar-refractivity contribution in [3.8, 4) is 0 Å². The zero-order chi connectivity index (χ0) is 13.5. The molecule has 0 bridgehead atoms. The molecule has 8 nitrogen and oxygen atoms in total. The Morgan fingerprint density at radius 2 is 2.17 bits per heavy atom. The van der Waals surface area contributed by atoms with Crippen LogP contribution in [0.15, 0.2) is 18.5 Å². The molecule has 2 atom stereocenters. The molecule has 4 N–H and O–H groups in total. The third-order valence-electron chi connectivity index (χ3n) is 2.18. The monoisotopic (exact) mass is 256 g/mol. The van der Waals surface area contributed by atoms with Crippen molar-refractivity contribution in [2.45, 2.75) is 25.6 Å². The quantitative estimate of drug-likeness (QED) is 0.522. The number of carboxylic acid groups (broad SMARTS) is 1. The number of nitrogens with one attached hydrogen (secondary N) is 2. The molecule has 1 unspecified atom stereocenters. The SMILES string of the molecule is CC(Cn1cccn1)NC(=O)N[C@@H](CO)C(=O)O. The molecule has 18 heavy (non-hydrogen) atoms. The van der Waals surface area contributed by atoms with Crippen LogP contribution in [0.3, 0.4) is 0 Å². The number of nitrogens with zero attached hydrogens (tertiary/aromatic N) is 2. The van der Waals surface area contributed by atoms with E-state index >= 15 is 0 Å². The maximum atomic E-state index is 11.4. The summed E-state index contributed by atoms with van der Waals surface area (Å²) in [6.45, 7) is 1.57. The Morgan fingerprint density at radius 1 is 1.44 bits per heavy atom. The van der Waals surface area contributed by atoms with Crippen molar-refractivity contribution in [1.82, 2.24) is 20.4 Å². The highest BCUT2D eigenvalue weighted by molar-refractivity contribution is 5.82. The van der Waals surface area contributed by atoms with Gasteiger partial charge in [0.2, 0.25) is 0 Å². The number of aliphatic hydroxyl groups excluding tert-OH is 1. The molecule has 100 valence electrons. The molecular weight excluding hydrogens is 240 g/mol. The largest absolute Gasteiger partial charge is 0.480 e. The summed E-state index contributed by atoms with van der Waals surface area (Å²) < 4.78 is 1.64. The number of aromatic nitrogens is 2. The van der Waals surface area contributed by atoms with Crippen LogP contribution in [0.2, 0.25) is 0 Å². The van der Waals surface area contributed by atoms with Crippen LogP contribution in [0.1, 0.15) is 6.92 Å². The molecule has 0 saturated heterocycles. The number of hydrogen-bond acceptors (Lipinski definition) is 4. The molecule has 1 rings (SSSR count). The predicted molar refractivity (Wildman–Crippen MR) is 61.9 cm³/mol.